The minimum Gasteiger partial charge on any atom is -0.507 e. The first-order valence-corrected chi connectivity index (χ1v) is 5.29. The number of carbonyl (C=O) groups excluding carboxylic acids is 1. The van der Waals surface area contributed by atoms with Gasteiger partial charge in [-0.2, -0.15) is 0 Å². The Morgan fingerprint density at radius 2 is 2.25 bits per heavy atom. The Hall–Kier alpha value is -1.14. The van der Waals surface area contributed by atoms with Crippen molar-refractivity contribution in [3.63, 3.8) is 0 Å². The third-order valence-corrected chi connectivity index (χ3v) is 2.48. The first-order chi connectivity index (χ1) is 7.47. The maximum atomic E-state index is 13.0. The summed E-state index contributed by atoms with van der Waals surface area (Å²) in [4.78, 5) is 11.2. The van der Waals surface area contributed by atoms with Crippen LogP contribution >= 0.6 is 15.9 Å². The molecule has 0 aliphatic heterocycles. The van der Waals surface area contributed by atoms with Crippen LogP contribution in [0.25, 0.3) is 0 Å². The molecule has 1 aromatic carbocycles. The summed E-state index contributed by atoms with van der Waals surface area (Å²) < 4.78 is 17.6. The summed E-state index contributed by atoms with van der Waals surface area (Å²) in [6.45, 7) is 1.70. The molecule has 88 valence electrons. The zero-order valence-electron chi connectivity index (χ0n) is 8.41. The molecule has 1 atom stereocenters. The smallest absolute Gasteiger partial charge is 0.339 e. The fourth-order valence-corrected chi connectivity index (χ4v) is 1.48. The molecule has 0 aliphatic rings. The normalized spacial score (nSPS) is 12.2. The van der Waals surface area contributed by atoms with E-state index in [-0.39, 0.29) is 16.6 Å². The van der Waals surface area contributed by atoms with Crippen molar-refractivity contribution in [2.45, 2.75) is 13.0 Å². The SMILES string of the molecule is CCOC(=O)C(O)c1cc(Br)c(F)cc1O. The average molecular weight is 293 g/mol. The van der Waals surface area contributed by atoms with E-state index in [4.69, 9.17) is 0 Å². The number of aliphatic hydroxyl groups excluding tert-OH is 1. The summed E-state index contributed by atoms with van der Waals surface area (Å²) in [6, 6.07) is 1.94. The van der Waals surface area contributed by atoms with Gasteiger partial charge in [0.15, 0.2) is 6.10 Å². The Kier molecular flexibility index (Phi) is 4.26. The van der Waals surface area contributed by atoms with Crippen LogP contribution in [-0.4, -0.2) is 22.8 Å². The van der Waals surface area contributed by atoms with Crippen LogP contribution in [0.4, 0.5) is 4.39 Å². The summed E-state index contributed by atoms with van der Waals surface area (Å²) in [7, 11) is 0. The molecular weight excluding hydrogens is 283 g/mol. The van der Waals surface area contributed by atoms with Gasteiger partial charge in [0.25, 0.3) is 0 Å². The van der Waals surface area contributed by atoms with Crippen molar-refractivity contribution in [1.29, 1.82) is 0 Å². The Balaban J connectivity index is 3.04. The molecular formula is C10H10BrFO4. The zero-order chi connectivity index (χ0) is 12.3. The number of rotatable bonds is 3. The van der Waals surface area contributed by atoms with E-state index < -0.39 is 23.6 Å². The van der Waals surface area contributed by atoms with E-state index in [2.05, 4.69) is 20.7 Å². The lowest BCUT2D eigenvalue weighted by Gasteiger charge is -2.12. The lowest BCUT2D eigenvalue weighted by molar-refractivity contribution is -0.153. The van der Waals surface area contributed by atoms with Gasteiger partial charge in [-0.05, 0) is 28.9 Å². The molecule has 1 aromatic rings. The lowest BCUT2D eigenvalue weighted by atomic mass is 10.1. The highest BCUT2D eigenvalue weighted by molar-refractivity contribution is 9.10. The summed E-state index contributed by atoms with van der Waals surface area (Å²) in [5.74, 6) is -2.07. The van der Waals surface area contributed by atoms with Gasteiger partial charge in [0.05, 0.1) is 11.1 Å². The Morgan fingerprint density at radius 1 is 1.62 bits per heavy atom. The van der Waals surface area contributed by atoms with Crippen molar-refractivity contribution in [2.24, 2.45) is 0 Å². The number of ether oxygens (including phenoxy) is 1. The second kappa shape index (κ2) is 5.27. The number of benzene rings is 1. The molecule has 4 nitrogen and oxygen atoms in total. The van der Waals surface area contributed by atoms with Crippen molar-refractivity contribution in [3.05, 3.63) is 28.0 Å². The maximum Gasteiger partial charge on any atom is 0.339 e. The maximum absolute atomic E-state index is 13.0. The van der Waals surface area contributed by atoms with Crippen LogP contribution in [0.2, 0.25) is 0 Å². The Morgan fingerprint density at radius 3 is 2.81 bits per heavy atom. The van der Waals surface area contributed by atoms with Crippen molar-refractivity contribution in [1.82, 2.24) is 0 Å². The molecule has 16 heavy (non-hydrogen) atoms. The summed E-state index contributed by atoms with van der Waals surface area (Å²) in [6.07, 6.45) is -1.63. The van der Waals surface area contributed by atoms with Crippen LogP contribution in [0.3, 0.4) is 0 Å². The number of aliphatic hydroxyl groups is 1. The molecule has 0 bridgehead atoms. The molecule has 2 N–H and O–H groups in total. The molecule has 0 aromatic heterocycles. The van der Waals surface area contributed by atoms with Gasteiger partial charge in [-0.25, -0.2) is 9.18 Å². The van der Waals surface area contributed by atoms with Gasteiger partial charge in [-0.1, -0.05) is 0 Å². The fourth-order valence-electron chi connectivity index (χ4n) is 1.12. The summed E-state index contributed by atoms with van der Waals surface area (Å²) in [5.41, 5.74) is -0.105. The minimum absolute atomic E-state index is 0.0450. The average Bonchev–Trinajstić information content (AvgIpc) is 2.23. The Bertz CT molecular complexity index is 408. The number of phenols is 1. The van der Waals surface area contributed by atoms with E-state index >= 15 is 0 Å². The number of esters is 1. The number of phenolic OH excluding ortho intramolecular Hbond substituents is 1. The third kappa shape index (κ3) is 2.70. The molecule has 0 radical (unpaired) electrons. The first kappa shape index (κ1) is 12.9. The first-order valence-electron chi connectivity index (χ1n) is 4.50. The summed E-state index contributed by atoms with van der Waals surface area (Å²) >= 11 is 2.89. The van der Waals surface area contributed by atoms with E-state index in [1.165, 1.54) is 0 Å². The van der Waals surface area contributed by atoms with Crippen molar-refractivity contribution in [3.8, 4) is 5.75 Å². The van der Waals surface area contributed by atoms with Gasteiger partial charge in [0.1, 0.15) is 11.6 Å². The number of hydrogen-bond acceptors (Lipinski definition) is 4. The molecule has 1 rings (SSSR count). The van der Waals surface area contributed by atoms with E-state index in [1.54, 1.807) is 6.92 Å². The van der Waals surface area contributed by atoms with Crippen LogP contribution in [0.5, 0.6) is 5.75 Å². The van der Waals surface area contributed by atoms with E-state index in [0.717, 1.165) is 12.1 Å². The quantitative estimate of drug-likeness (QED) is 0.835. The largest absolute Gasteiger partial charge is 0.507 e. The number of halogens is 2. The molecule has 0 saturated heterocycles. The molecule has 0 heterocycles. The van der Waals surface area contributed by atoms with Crippen LogP contribution in [-0.2, 0) is 9.53 Å². The van der Waals surface area contributed by atoms with Crippen molar-refractivity contribution in [2.75, 3.05) is 6.61 Å². The highest BCUT2D eigenvalue weighted by atomic mass is 79.9. The highest BCUT2D eigenvalue weighted by Crippen LogP contribution is 2.30. The standard InChI is InChI=1S/C10H10BrFO4/c1-2-16-10(15)9(14)5-3-6(11)7(12)4-8(5)13/h3-4,9,13-14H,2H2,1H3. The lowest BCUT2D eigenvalue weighted by Crippen LogP contribution is -2.15. The topological polar surface area (TPSA) is 66.8 Å². The molecule has 0 saturated carbocycles. The van der Waals surface area contributed by atoms with Gasteiger partial charge in [0.2, 0.25) is 0 Å². The minimum atomic E-state index is -1.63. The van der Waals surface area contributed by atoms with Crippen molar-refractivity contribution >= 4 is 21.9 Å². The van der Waals surface area contributed by atoms with Crippen LogP contribution in [0.1, 0.15) is 18.6 Å². The van der Waals surface area contributed by atoms with Gasteiger partial charge in [0, 0.05) is 11.6 Å². The van der Waals surface area contributed by atoms with Gasteiger partial charge in [-0.3, -0.25) is 0 Å². The monoisotopic (exact) mass is 292 g/mol. The van der Waals surface area contributed by atoms with Gasteiger partial charge >= 0.3 is 5.97 Å². The molecule has 0 amide bonds. The summed E-state index contributed by atoms with van der Waals surface area (Å²) in [5, 5.41) is 18.9. The highest BCUT2D eigenvalue weighted by Gasteiger charge is 2.23. The fraction of sp³-hybridized carbons (Fsp3) is 0.300. The van der Waals surface area contributed by atoms with Crippen LogP contribution < -0.4 is 0 Å². The third-order valence-electron chi connectivity index (χ3n) is 1.87. The predicted molar refractivity (Wildman–Crippen MR) is 57.4 cm³/mol. The Labute approximate surface area is 99.8 Å². The van der Waals surface area contributed by atoms with E-state index in [1.807, 2.05) is 0 Å². The molecule has 0 spiro atoms. The second-order valence-electron chi connectivity index (χ2n) is 2.98. The molecule has 1 unspecified atom stereocenters. The number of aromatic hydroxyl groups is 1. The molecule has 0 aliphatic carbocycles. The van der Waals surface area contributed by atoms with Crippen LogP contribution in [0.15, 0.2) is 16.6 Å². The number of hydrogen-bond donors (Lipinski definition) is 2. The predicted octanol–water partition coefficient (Wildman–Crippen LogP) is 1.89. The van der Waals surface area contributed by atoms with E-state index in [9.17, 15) is 19.4 Å². The van der Waals surface area contributed by atoms with Gasteiger partial charge in [-0.15, -0.1) is 0 Å². The van der Waals surface area contributed by atoms with Crippen molar-refractivity contribution < 1.29 is 24.1 Å². The van der Waals surface area contributed by atoms with Crippen LogP contribution in [0, 0.1) is 5.82 Å². The molecule has 6 heteroatoms. The van der Waals surface area contributed by atoms with E-state index in [0.29, 0.717) is 0 Å². The molecule has 0 fully saturated rings. The second-order valence-corrected chi connectivity index (χ2v) is 3.83. The number of carbonyl (C=O) groups is 1. The van der Waals surface area contributed by atoms with Gasteiger partial charge < -0.3 is 14.9 Å². The zero-order valence-corrected chi connectivity index (χ0v) is 9.99.